The third-order valence-corrected chi connectivity index (χ3v) is 2.87. The van der Waals surface area contributed by atoms with Crippen molar-refractivity contribution in [3.05, 3.63) is 0 Å². The second-order valence-electron chi connectivity index (χ2n) is 4.07. The van der Waals surface area contributed by atoms with Gasteiger partial charge in [-0.1, -0.05) is 0 Å². The number of ether oxygens (including phenoxy) is 1. The fourth-order valence-electron chi connectivity index (χ4n) is 1.08. The lowest BCUT2D eigenvalue weighted by molar-refractivity contribution is -0.139. The molecule has 11 heteroatoms. The lowest BCUT2D eigenvalue weighted by Crippen LogP contribution is -2.48. The van der Waals surface area contributed by atoms with E-state index in [4.69, 9.17) is 10.8 Å². The quantitative estimate of drug-likeness (QED) is 0.431. The standard InChI is InChI=1S/C9H17N3O7S/c1-5(2)19-9(16)12-20(17,18)11-6(8(14)15)3-4-7(10)13/h5-6,11H,3-4H2,1-2H3,(H2,10,13)(H,12,16)(H,14,15)/t6-/m0/s1. The summed E-state index contributed by atoms with van der Waals surface area (Å²) in [7, 11) is -4.43. The predicted octanol–water partition coefficient (Wildman–Crippen LogP) is -1.33. The molecule has 116 valence electrons. The fourth-order valence-corrected chi connectivity index (χ4v) is 2.00. The van der Waals surface area contributed by atoms with Gasteiger partial charge in [-0.3, -0.25) is 9.59 Å². The van der Waals surface area contributed by atoms with E-state index in [-0.39, 0.29) is 12.8 Å². The Hall–Kier alpha value is -1.88. The molecule has 0 fully saturated rings. The van der Waals surface area contributed by atoms with E-state index in [0.717, 1.165) is 0 Å². The minimum absolute atomic E-state index is 0.323. The van der Waals surface area contributed by atoms with E-state index in [1.165, 1.54) is 18.6 Å². The summed E-state index contributed by atoms with van der Waals surface area (Å²) >= 11 is 0. The van der Waals surface area contributed by atoms with Gasteiger partial charge >= 0.3 is 22.3 Å². The number of hydrogen-bond acceptors (Lipinski definition) is 6. The molecule has 0 bridgehead atoms. The smallest absolute Gasteiger partial charge is 0.422 e. The first kappa shape index (κ1) is 18.1. The molecule has 1 atom stereocenters. The highest BCUT2D eigenvalue weighted by molar-refractivity contribution is 7.88. The Morgan fingerprint density at radius 2 is 1.85 bits per heavy atom. The predicted molar refractivity (Wildman–Crippen MR) is 66.7 cm³/mol. The van der Waals surface area contributed by atoms with Gasteiger partial charge in [0.1, 0.15) is 6.04 Å². The van der Waals surface area contributed by atoms with Crippen LogP contribution in [0.4, 0.5) is 4.79 Å². The number of carbonyl (C=O) groups excluding carboxylic acids is 2. The molecule has 0 saturated heterocycles. The molecule has 0 spiro atoms. The number of amides is 2. The monoisotopic (exact) mass is 311 g/mol. The first-order chi connectivity index (χ1) is 9.03. The maximum absolute atomic E-state index is 11.5. The van der Waals surface area contributed by atoms with Gasteiger partial charge in [-0.2, -0.15) is 13.1 Å². The van der Waals surface area contributed by atoms with Crippen molar-refractivity contribution in [1.82, 2.24) is 9.44 Å². The summed E-state index contributed by atoms with van der Waals surface area (Å²) in [6, 6.07) is -1.59. The molecular weight excluding hydrogens is 294 g/mol. The van der Waals surface area contributed by atoms with Crippen LogP contribution in [-0.2, 0) is 24.5 Å². The fraction of sp³-hybridized carbons (Fsp3) is 0.667. The second-order valence-corrected chi connectivity index (χ2v) is 5.52. The van der Waals surface area contributed by atoms with Crippen LogP contribution < -0.4 is 15.2 Å². The van der Waals surface area contributed by atoms with Gasteiger partial charge in [0.15, 0.2) is 0 Å². The van der Waals surface area contributed by atoms with Crippen molar-refractivity contribution in [1.29, 1.82) is 0 Å². The Morgan fingerprint density at radius 3 is 2.25 bits per heavy atom. The van der Waals surface area contributed by atoms with Crippen LogP contribution >= 0.6 is 0 Å². The molecule has 0 radical (unpaired) electrons. The van der Waals surface area contributed by atoms with E-state index in [9.17, 15) is 22.8 Å². The van der Waals surface area contributed by atoms with Gasteiger partial charge in [0.05, 0.1) is 6.10 Å². The summed E-state index contributed by atoms with van der Waals surface area (Å²) in [5, 5.41) is 8.81. The van der Waals surface area contributed by atoms with Crippen molar-refractivity contribution in [3.63, 3.8) is 0 Å². The van der Waals surface area contributed by atoms with Crippen molar-refractivity contribution in [2.45, 2.75) is 38.8 Å². The van der Waals surface area contributed by atoms with Gasteiger partial charge in [-0.05, 0) is 20.3 Å². The Kier molecular flexibility index (Phi) is 6.93. The number of rotatable bonds is 8. The zero-order chi connectivity index (χ0) is 15.9. The summed E-state index contributed by atoms with van der Waals surface area (Å²) in [5.41, 5.74) is 4.84. The minimum atomic E-state index is -4.43. The minimum Gasteiger partial charge on any atom is -0.480 e. The summed E-state index contributed by atoms with van der Waals surface area (Å²) in [5.74, 6) is -2.28. The number of hydrogen-bond donors (Lipinski definition) is 4. The van der Waals surface area contributed by atoms with Crippen LogP contribution in [0.1, 0.15) is 26.7 Å². The third-order valence-electron chi connectivity index (χ3n) is 1.84. The molecule has 0 aliphatic rings. The number of nitrogens with one attached hydrogen (secondary N) is 2. The van der Waals surface area contributed by atoms with Crippen LogP contribution in [0.5, 0.6) is 0 Å². The van der Waals surface area contributed by atoms with Gasteiger partial charge in [0, 0.05) is 6.42 Å². The van der Waals surface area contributed by atoms with E-state index >= 15 is 0 Å². The largest absolute Gasteiger partial charge is 0.480 e. The first-order valence-corrected chi connectivity index (χ1v) is 7.03. The molecule has 0 saturated carbocycles. The van der Waals surface area contributed by atoms with Crippen LogP contribution in [0.3, 0.4) is 0 Å². The molecule has 10 nitrogen and oxygen atoms in total. The van der Waals surface area contributed by atoms with Crippen molar-refractivity contribution < 1.29 is 32.6 Å². The van der Waals surface area contributed by atoms with Crippen molar-refractivity contribution in [2.75, 3.05) is 0 Å². The summed E-state index contributed by atoms with van der Waals surface area (Å²) < 4.78 is 30.7. The molecule has 0 aromatic carbocycles. The zero-order valence-electron chi connectivity index (χ0n) is 11.0. The summed E-state index contributed by atoms with van der Waals surface area (Å²) in [6.45, 7) is 3.01. The van der Waals surface area contributed by atoms with E-state index in [0.29, 0.717) is 0 Å². The molecule has 0 unspecified atom stereocenters. The molecule has 0 aromatic heterocycles. The number of primary amides is 1. The number of carboxylic acids is 1. The summed E-state index contributed by atoms with van der Waals surface area (Å²) in [4.78, 5) is 32.5. The molecule has 0 aliphatic carbocycles. The van der Waals surface area contributed by atoms with Crippen molar-refractivity contribution in [3.8, 4) is 0 Å². The van der Waals surface area contributed by atoms with Gasteiger partial charge in [0.2, 0.25) is 5.91 Å². The van der Waals surface area contributed by atoms with Crippen molar-refractivity contribution >= 4 is 28.2 Å². The Morgan fingerprint density at radius 1 is 1.30 bits per heavy atom. The number of nitrogens with two attached hydrogens (primary N) is 1. The zero-order valence-corrected chi connectivity index (χ0v) is 11.8. The molecule has 0 rings (SSSR count). The van der Waals surface area contributed by atoms with E-state index in [1.807, 2.05) is 0 Å². The Bertz CT molecular complexity index is 474. The first-order valence-electron chi connectivity index (χ1n) is 5.55. The topological polar surface area (TPSA) is 165 Å². The summed E-state index contributed by atoms with van der Waals surface area (Å²) in [6.07, 6.45) is -2.46. The van der Waals surface area contributed by atoms with Gasteiger partial charge < -0.3 is 15.6 Å². The maximum atomic E-state index is 11.5. The highest BCUT2D eigenvalue weighted by Gasteiger charge is 2.26. The Balaban J connectivity index is 4.64. The average Bonchev–Trinajstić information content (AvgIpc) is 2.21. The van der Waals surface area contributed by atoms with Crippen LogP contribution in [0.2, 0.25) is 0 Å². The highest BCUT2D eigenvalue weighted by Crippen LogP contribution is 1.99. The molecule has 0 heterocycles. The van der Waals surface area contributed by atoms with Gasteiger partial charge in [0.25, 0.3) is 0 Å². The number of aliphatic carboxylic acids is 1. The molecular formula is C9H17N3O7S. The van der Waals surface area contributed by atoms with Crippen LogP contribution in [0.15, 0.2) is 0 Å². The highest BCUT2D eigenvalue weighted by atomic mass is 32.2. The second kappa shape index (κ2) is 7.65. The Labute approximate surface area is 115 Å². The van der Waals surface area contributed by atoms with Crippen LogP contribution in [0, 0.1) is 0 Å². The van der Waals surface area contributed by atoms with Gasteiger partial charge in [-0.15, -0.1) is 0 Å². The van der Waals surface area contributed by atoms with Crippen LogP contribution in [-0.4, -0.2) is 43.6 Å². The molecule has 0 aliphatic heterocycles. The van der Waals surface area contributed by atoms with E-state index in [1.54, 1.807) is 4.72 Å². The number of carboxylic acid groups (broad SMARTS) is 1. The van der Waals surface area contributed by atoms with Crippen molar-refractivity contribution in [2.24, 2.45) is 5.73 Å². The number of carbonyl (C=O) groups is 3. The third kappa shape index (κ3) is 8.26. The maximum Gasteiger partial charge on any atom is 0.422 e. The molecule has 20 heavy (non-hydrogen) atoms. The lowest BCUT2D eigenvalue weighted by Gasteiger charge is -2.15. The SMILES string of the molecule is CC(C)OC(=O)NS(=O)(=O)N[C@@H](CCC(N)=O)C(=O)O. The van der Waals surface area contributed by atoms with E-state index in [2.05, 4.69) is 4.74 Å². The van der Waals surface area contributed by atoms with Crippen LogP contribution in [0.25, 0.3) is 0 Å². The normalized spacial score (nSPS) is 12.8. The molecule has 2 amide bonds. The average molecular weight is 311 g/mol. The van der Waals surface area contributed by atoms with E-state index < -0.39 is 40.3 Å². The molecule has 5 N–H and O–H groups in total. The lowest BCUT2D eigenvalue weighted by atomic mass is 10.2. The molecule has 0 aromatic rings. The van der Waals surface area contributed by atoms with Gasteiger partial charge in [-0.25, -0.2) is 9.52 Å².